The van der Waals surface area contributed by atoms with Gasteiger partial charge >= 0.3 is 17.9 Å². The Balaban J connectivity index is 2.62. The normalized spacial score (nSPS) is 10.5. The number of carbonyl (C=O) groups excluding carboxylic acids is 3. The molecule has 0 spiro atoms. The van der Waals surface area contributed by atoms with Crippen molar-refractivity contribution in [1.82, 2.24) is 0 Å². The van der Waals surface area contributed by atoms with Gasteiger partial charge in [-0.3, -0.25) is 9.59 Å². The third kappa shape index (κ3) is 11.1. The smallest absolute Gasteiger partial charge is 0.330 e. The molecule has 8 nitrogen and oxygen atoms in total. The fraction of sp³-hybridized carbons (Fsp3) is 0.500. The Morgan fingerprint density at radius 1 is 0.900 bits per heavy atom. The minimum atomic E-state index is -0.463. The quantitative estimate of drug-likeness (QED) is 0.195. The van der Waals surface area contributed by atoms with E-state index in [0.717, 1.165) is 19.3 Å². The largest absolute Gasteiger partial charge is 0.493 e. The number of methoxy groups -OCH3 is 2. The first-order valence-electron chi connectivity index (χ1n) is 9.82. The first-order chi connectivity index (χ1) is 14.5. The second kappa shape index (κ2) is 14.9. The zero-order valence-electron chi connectivity index (χ0n) is 17.8. The summed E-state index contributed by atoms with van der Waals surface area (Å²) in [5, 5.41) is 0. The molecule has 0 saturated heterocycles. The van der Waals surface area contributed by atoms with Crippen LogP contribution in [-0.2, 0) is 28.6 Å². The van der Waals surface area contributed by atoms with Gasteiger partial charge in [0.25, 0.3) is 0 Å². The number of unbranched alkanes of at least 4 members (excludes halogenated alkanes) is 2. The Labute approximate surface area is 177 Å². The van der Waals surface area contributed by atoms with Crippen molar-refractivity contribution in [3.8, 4) is 11.5 Å². The van der Waals surface area contributed by atoms with Gasteiger partial charge in [0.15, 0.2) is 0 Å². The number of benzene rings is 1. The first kappa shape index (κ1) is 25.0. The minimum absolute atomic E-state index is 0.278. The molecule has 0 N–H and O–H groups in total. The maximum absolute atomic E-state index is 11.4. The van der Waals surface area contributed by atoms with Crippen molar-refractivity contribution in [3.05, 3.63) is 29.8 Å². The average molecular weight is 422 g/mol. The van der Waals surface area contributed by atoms with E-state index in [0.29, 0.717) is 43.3 Å². The first-order valence-corrected chi connectivity index (χ1v) is 9.82. The Morgan fingerprint density at radius 2 is 1.63 bits per heavy atom. The Kier molecular flexibility index (Phi) is 12.4. The van der Waals surface area contributed by atoms with Gasteiger partial charge in [0.1, 0.15) is 11.5 Å². The summed E-state index contributed by atoms with van der Waals surface area (Å²) in [6.45, 7) is 2.61. The molecule has 8 heteroatoms. The van der Waals surface area contributed by atoms with Crippen LogP contribution in [0, 0.1) is 0 Å². The third-order valence-corrected chi connectivity index (χ3v) is 3.96. The monoisotopic (exact) mass is 422 g/mol. The summed E-state index contributed by atoms with van der Waals surface area (Å²) in [5.41, 5.74) is 0.710. The lowest BCUT2D eigenvalue weighted by Crippen LogP contribution is -2.05. The van der Waals surface area contributed by atoms with E-state index in [4.69, 9.17) is 14.2 Å². The van der Waals surface area contributed by atoms with Crippen molar-refractivity contribution >= 4 is 24.0 Å². The molecule has 0 saturated carbocycles. The van der Waals surface area contributed by atoms with E-state index in [2.05, 4.69) is 9.47 Å². The summed E-state index contributed by atoms with van der Waals surface area (Å²) in [4.78, 5) is 33.3. The Hall–Kier alpha value is -3.03. The lowest BCUT2D eigenvalue weighted by molar-refractivity contribution is -0.141. The molecular weight excluding hydrogens is 392 g/mol. The van der Waals surface area contributed by atoms with Gasteiger partial charge in [-0.1, -0.05) is 0 Å². The predicted molar refractivity (Wildman–Crippen MR) is 110 cm³/mol. The molecule has 0 heterocycles. The van der Waals surface area contributed by atoms with Gasteiger partial charge in [0, 0.05) is 31.1 Å². The molecule has 0 aliphatic carbocycles. The van der Waals surface area contributed by atoms with Crippen LogP contribution in [0.3, 0.4) is 0 Å². The second-order valence-corrected chi connectivity index (χ2v) is 6.33. The van der Waals surface area contributed by atoms with Crippen LogP contribution in [0.15, 0.2) is 24.3 Å². The van der Waals surface area contributed by atoms with Crippen LogP contribution in [0.1, 0.15) is 44.6 Å². The third-order valence-electron chi connectivity index (χ3n) is 3.96. The summed E-state index contributed by atoms with van der Waals surface area (Å²) in [6, 6.07) is 5.29. The topological polar surface area (TPSA) is 97.4 Å². The van der Waals surface area contributed by atoms with Crippen LogP contribution in [0.5, 0.6) is 11.5 Å². The summed E-state index contributed by atoms with van der Waals surface area (Å²) in [6.07, 6.45) is 6.15. The van der Waals surface area contributed by atoms with Crippen molar-refractivity contribution in [2.45, 2.75) is 39.0 Å². The van der Waals surface area contributed by atoms with Crippen molar-refractivity contribution in [2.75, 3.05) is 34.0 Å². The molecule has 1 rings (SSSR count). The average Bonchev–Trinajstić information content (AvgIpc) is 2.74. The van der Waals surface area contributed by atoms with Gasteiger partial charge in [-0.2, -0.15) is 0 Å². The maximum atomic E-state index is 11.4. The molecule has 1 aromatic carbocycles. The number of hydrogen-bond acceptors (Lipinski definition) is 8. The Morgan fingerprint density at radius 3 is 2.33 bits per heavy atom. The van der Waals surface area contributed by atoms with E-state index in [9.17, 15) is 14.4 Å². The minimum Gasteiger partial charge on any atom is -0.493 e. The number of rotatable bonds is 14. The maximum Gasteiger partial charge on any atom is 0.330 e. The van der Waals surface area contributed by atoms with E-state index in [1.165, 1.54) is 27.2 Å². The van der Waals surface area contributed by atoms with Gasteiger partial charge < -0.3 is 23.7 Å². The fourth-order valence-electron chi connectivity index (χ4n) is 2.38. The molecule has 166 valence electrons. The van der Waals surface area contributed by atoms with Crippen LogP contribution in [0.25, 0.3) is 6.08 Å². The van der Waals surface area contributed by atoms with Crippen molar-refractivity contribution in [2.24, 2.45) is 0 Å². The van der Waals surface area contributed by atoms with Crippen LogP contribution in [-0.4, -0.2) is 51.9 Å². The summed E-state index contributed by atoms with van der Waals surface area (Å²) >= 11 is 0. The number of ether oxygens (including phenoxy) is 5. The number of hydrogen-bond donors (Lipinski definition) is 0. The van der Waals surface area contributed by atoms with Crippen LogP contribution < -0.4 is 9.47 Å². The van der Waals surface area contributed by atoms with E-state index >= 15 is 0 Å². The highest BCUT2D eigenvalue weighted by atomic mass is 16.5. The molecule has 0 aliphatic heterocycles. The Bertz CT molecular complexity index is 711. The van der Waals surface area contributed by atoms with E-state index in [1.54, 1.807) is 24.3 Å². The van der Waals surface area contributed by atoms with E-state index in [1.807, 2.05) is 0 Å². The molecule has 0 aliphatic rings. The highest BCUT2D eigenvalue weighted by Gasteiger charge is 2.07. The molecule has 0 unspecified atom stereocenters. The highest BCUT2D eigenvalue weighted by Crippen LogP contribution is 2.27. The molecule has 0 amide bonds. The fourth-order valence-corrected chi connectivity index (χ4v) is 2.38. The number of carbonyl (C=O) groups is 3. The SMILES string of the molecule is COC(=O)/C=C/c1ccc(OCCCC(=O)OC)cc1OCCCCCOC(C)=O. The van der Waals surface area contributed by atoms with Crippen LogP contribution >= 0.6 is 0 Å². The van der Waals surface area contributed by atoms with Gasteiger partial charge in [-0.25, -0.2) is 4.79 Å². The van der Waals surface area contributed by atoms with Gasteiger partial charge in [-0.05, 0) is 43.9 Å². The van der Waals surface area contributed by atoms with Crippen molar-refractivity contribution < 1.29 is 38.1 Å². The molecule has 0 aromatic heterocycles. The predicted octanol–water partition coefficient (Wildman–Crippen LogP) is 3.32. The molecular formula is C22H30O8. The van der Waals surface area contributed by atoms with Crippen LogP contribution in [0.2, 0.25) is 0 Å². The van der Waals surface area contributed by atoms with E-state index < -0.39 is 5.97 Å². The second-order valence-electron chi connectivity index (χ2n) is 6.33. The molecule has 0 bridgehead atoms. The molecule has 0 radical (unpaired) electrons. The van der Waals surface area contributed by atoms with Gasteiger partial charge in [0.2, 0.25) is 0 Å². The van der Waals surface area contributed by atoms with E-state index in [-0.39, 0.29) is 18.4 Å². The van der Waals surface area contributed by atoms with Gasteiger partial charge in [0.05, 0.1) is 34.0 Å². The molecule has 30 heavy (non-hydrogen) atoms. The van der Waals surface area contributed by atoms with Crippen LogP contribution in [0.4, 0.5) is 0 Å². The summed E-state index contributed by atoms with van der Waals surface area (Å²) < 4.78 is 25.7. The number of esters is 3. The lowest BCUT2D eigenvalue weighted by atomic mass is 10.1. The molecule has 0 atom stereocenters. The lowest BCUT2D eigenvalue weighted by Gasteiger charge is -2.12. The zero-order valence-corrected chi connectivity index (χ0v) is 17.8. The van der Waals surface area contributed by atoms with Gasteiger partial charge in [-0.15, -0.1) is 0 Å². The van der Waals surface area contributed by atoms with Crippen molar-refractivity contribution in [3.63, 3.8) is 0 Å². The summed E-state index contributed by atoms with van der Waals surface area (Å²) in [5.74, 6) is 0.145. The molecule has 1 aromatic rings. The van der Waals surface area contributed by atoms with Crippen molar-refractivity contribution in [1.29, 1.82) is 0 Å². The summed E-state index contributed by atoms with van der Waals surface area (Å²) in [7, 11) is 2.66. The highest BCUT2D eigenvalue weighted by molar-refractivity contribution is 5.87. The molecule has 0 fully saturated rings. The standard InChI is InChI=1S/C22H30O8/c1-17(23)28-13-5-4-6-14-30-20-16-19(29-15-7-8-21(24)26-2)11-9-18(20)10-12-22(25)27-3/h9-12,16H,4-8,13-15H2,1-3H3/b12-10+. The zero-order chi connectivity index (χ0) is 22.2.